The Kier molecular flexibility index (Phi) is 2.45. The molecule has 0 saturated heterocycles. The van der Waals surface area contributed by atoms with Crippen molar-refractivity contribution in [3.63, 3.8) is 0 Å². The lowest BCUT2D eigenvalue weighted by molar-refractivity contribution is 0.0595. The monoisotopic (exact) mass is 203 g/mol. The lowest BCUT2D eigenvalue weighted by atomic mass is 10.1. The van der Waals surface area contributed by atoms with Crippen molar-refractivity contribution in [1.82, 2.24) is 15.0 Å². The number of nitrogens with one attached hydrogen (secondary N) is 1. The number of nitrogens with zero attached hydrogens (tertiary/aromatic N) is 2. The summed E-state index contributed by atoms with van der Waals surface area (Å²) in [6, 6.07) is 3.56. The molecule has 0 aromatic carbocycles. The third-order valence-corrected chi connectivity index (χ3v) is 1.98. The van der Waals surface area contributed by atoms with E-state index in [4.69, 9.17) is 0 Å². The lowest BCUT2D eigenvalue weighted by Gasteiger charge is -1.99. The number of rotatable bonds is 2. The van der Waals surface area contributed by atoms with Crippen LogP contribution in [0.2, 0.25) is 0 Å². The third kappa shape index (κ3) is 1.71. The van der Waals surface area contributed by atoms with Crippen molar-refractivity contribution in [3.8, 4) is 11.3 Å². The summed E-state index contributed by atoms with van der Waals surface area (Å²) in [6.07, 6.45) is 4.75. The minimum absolute atomic E-state index is 0.351. The lowest BCUT2D eigenvalue weighted by Crippen LogP contribution is -2.03. The van der Waals surface area contributed by atoms with Crippen molar-refractivity contribution < 1.29 is 9.53 Å². The fourth-order valence-electron chi connectivity index (χ4n) is 1.28. The molecule has 76 valence electrons. The highest BCUT2D eigenvalue weighted by Crippen LogP contribution is 2.19. The van der Waals surface area contributed by atoms with E-state index < -0.39 is 5.97 Å². The van der Waals surface area contributed by atoms with Crippen molar-refractivity contribution in [2.45, 2.75) is 0 Å². The number of hydrogen-bond donors (Lipinski definition) is 1. The molecule has 0 saturated carbocycles. The largest absolute Gasteiger partial charge is 0.464 e. The summed E-state index contributed by atoms with van der Waals surface area (Å²) in [5.74, 6) is -0.431. The van der Waals surface area contributed by atoms with Crippen LogP contribution in [-0.4, -0.2) is 28.0 Å². The molecule has 2 aromatic rings. The number of carbonyl (C=O) groups excluding carboxylic acids is 1. The Morgan fingerprint density at radius 3 is 2.80 bits per heavy atom. The molecular formula is C10H9N3O2. The van der Waals surface area contributed by atoms with Gasteiger partial charge in [-0.25, -0.2) is 9.78 Å². The number of ether oxygens (including phenoxy) is 1. The Hall–Kier alpha value is -2.17. The topological polar surface area (TPSA) is 67.9 Å². The average molecular weight is 203 g/mol. The summed E-state index contributed by atoms with van der Waals surface area (Å²) >= 11 is 0. The Morgan fingerprint density at radius 1 is 1.40 bits per heavy atom. The second kappa shape index (κ2) is 3.91. The molecule has 0 atom stereocenters. The predicted molar refractivity (Wildman–Crippen MR) is 53.2 cm³/mol. The average Bonchev–Trinajstić information content (AvgIpc) is 2.78. The molecule has 0 aliphatic carbocycles. The highest BCUT2D eigenvalue weighted by molar-refractivity contribution is 5.93. The fourth-order valence-corrected chi connectivity index (χ4v) is 1.28. The van der Waals surface area contributed by atoms with E-state index in [1.54, 1.807) is 24.5 Å². The van der Waals surface area contributed by atoms with E-state index in [0.717, 1.165) is 5.56 Å². The van der Waals surface area contributed by atoms with Crippen LogP contribution in [-0.2, 0) is 4.74 Å². The summed E-state index contributed by atoms with van der Waals surface area (Å²) in [4.78, 5) is 22.1. The number of carbonyl (C=O) groups is 1. The first kappa shape index (κ1) is 9.39. The number of pyridine rings is 1. The van der Waals surface area contributed by atoms with Crippen LogP contribution in [0.3, 0.4) is 0 Å². The molecule has 0 unspecified atom stereocenters. The van der Waals surface area contributed by atoms with E-state index in [-0.39, 0.29) is 0 Å². The molecule has 0 radical (unpaired) electrons. The zero-order chi connectivity index (χ0) is 10.7. The summed E-state index contributed by atoms with van der Waals surface area (Å²) in [7, 11) is 1.33. The Balaban J connectivity index is 2.46. The second-order valence-electron chi connectivity index (χ2n) is 2.85. The van der Waals surface area contributed by atoms with Gasteiger partial charge in [-0.1, -0.05) is 0 Å². The van der Waals surface area contributed by atoms with Crippen LogP contribution < -0.4 is 0 Å². The normalized spacial score (nSPS) is 9.93. The number of aromatic nitrogens is 3. The zero-order valence-corrected chi connectivity index (χ0v) is 8.10. The predicted octanol–water partition coefficient (Wildman–Crippen LogP) is 1.26. The van der Waals surface area contributed by atoms with Gasteiger partial charge in [0, 0.05) is 18.0 Å². The van der Waals surface area contributed by atoms with Crippen molar-refractivity contribution in [2.75, 3.05) is 7.11 Å². The highest BCUT2D eigenvalue weighted by Gasteiger charge is 2.15. The van der Waals surface area contributed by atoms with Crippen LogP contribution in [0.1, 0.15) is 10.5 Å². The summed E-state index contributed by atoms with van der Waals surface area (Å²) in [6.45, 7) is 0. The molecule has 5 nitrogen and oxygen atoms in total. The molecule has 2 rings (SSSR count). The number of aromatic amines is 1. The molecule has 2 aromatic heterocycles. The van der Waals surface area contributed by atoms with Gasteiger partial charge in [0.05, 0.1) is 13.4 Å². The van der Waals surface area contributed by atoms with E-state index in [9.17, 15) is 4.79 Å². The van der Waals surface area contributed by atoms with Crippen LogP contribution in [0.15, 0.2) is 30.9 Å². The van der Waals surface area contributed by atoms with Gasteiger partial charge in [0.25, 0.3) is 0 Å². The molecule has 0 amide bonds. The van der Waals surface area contributed by atoms with E-state index in [2.05, 4.69) is 19.7 Å². The van der Waals surface area contributed by atoms with Crippen molar-refractivity contribution >= 4 is 5.97 Å². The first-order valence-electron chi connectivity index (χ1n) is 4.35. The van der Waals surface area contributed by atoms with E-state index in [1.807, 2.05) is 0 Å². The van der Waals surface area contributed by atoms with Gasteiger partial charge in [0.1, 0.15) is 5.69 Å². The van der Waals surface area contributed by atoms with Crippen molar-refractivity contribution in [2.24, 2.45) is 0 Å². The first-order valence-corrected chi connectivity index (χ1v) is 4.35. The number of hydrogen-bond acceptors (Lipinski definition) is 4. The number of imidazole rings is 1. The molecule has 5 heteroatoms. The molecule has 1 N–H and O–H groups in total. The molecule has 2 heterocycles. The molecule has 15 heavy (non-hydrogen) atoms. The van der Waals surface area contributed by atoms with Crippen LogP contribution in [0, 0.1) is 0 Å². The van der Waals surface area contributed by atoms with Crippen LogP contribution in [0.25, 0.3) is 11.3 Å². The van der Waals surface area contributed by atoms with Gasteiger partial charge in [0.2, 0.25) is 0 Å². The maximum absolute atomic E-state index is 11.4. The second-order valence-corrected chi connectivity index (χ2v) is 2.85. The summed E-state index contributed by atoms with van der Waals surface area (Å²) in [5.41, 5.74) is 1.75. The van der Waals surface area contributed by atoms with Crippen molar-refractivity contribution in [1.29, 1.82) is 0 Å². The molecule has 0 fully saturated rings. The first-order chi connectivity index (χ1) is 7.33. The van der Waals surface area contributed by atoms with E-state index in [1.165, 1.54) is 13.4 Å². The molecule has 0 bridgehead atoms. The summed E-state index contributed by atoms with van der Waals surface area (Å²) < 4.78 is 4.63. The molecule has 0 aliphatic heterocycles. The van der Waals surface area contributed by atoms with Crippen LogP contribution in [0.5, 0.6) is 0 Å². The minimum atomic E-state index is -0.431. The number of methoxy groups -OCH3 is 1. The van der Waals surface area contributed by atoms with Crippen LogP contribution >= 0.6 is 0 Å². The quantitative estimate of drug-likeness (QED) is 0.746. The summed E-state index contributed by atoms with van der Waals surface area (Å²) in [5, 5.41) is 0. The standard InChI is InChI=1S/C10H9N3O2/c1-15-10(14)9-8(12-6-13-9)7-2-4-11-5-3-7/h2-6H,1H3,(H,12,13). The SMILES string of the molecule is COC(=O)c1[nH]cnc1-c1ccncc1. The number of esters is 1. The Morgan fingerprint density at radius 2 is 2.13 bits per heavy atom. The maximum atomic E-state index is 11.4. The van der Waals surface area contributed by atoms with E-state index >= 15 is 0 Å². The molecule has 0 aliphatic rings. The van der Waals surface area contributed by atoms with Crippen LogP contribution in [0.4, 0.5) is 0 Å². The smallest absolute Gasteiger partial charge is 0.356 e. The fraction of sp³-hybridized carbons (Fsp3) is 0.100. The highest BCUT2D eigenvalue weighted by atomic mass is 16.5. The maximum Gasteiger partial charge on any atom is 0.356 e. The zero-order valence-electron chi connectivity index (χ0n) is 8.10. The van der Waals surface area contributed by atoms with Gasteiger partial charge >= 0.3 is 5.97 Å². The van der Waals surface area contributed by atoms with Gasteiger partial charge in [-0.2, -0.15) is 0 Å². The van der Waals surface area contributed by atoms with Gasteiger partial charge in [0.15, 0.2) is 5.69 Å². The Labute approximate surface area is 86.1 Å². The van der Waals surface area contributed by atoms with E-state index in [0.29, 0.717) is 11.4 Å². The minimum Gasteiger partial charge on any atom is -0.464 e. The van der Waals surface area contributed by atoms with Gasteiger partial charge in [-0.15, -0.1) is 0 Å². The molecule has 0 spiro atoms. The Bertz CT molecular complexity index is 465. The molecular weight excluding hydrogens is 194 g/mol. The van der Waals surface area contributed by atoms with Gasteiger partial charge in [-0.05, 0) is 12.1 Å². The van der Waals surface area contributed by atoms with Gasteiger partial charge < -0.3 is 9.72 Å². The number of H-pyrrole nitrogens is 1. The van der Waals surface area contributed by atoms with Crippen molar-refractivity contribution in [3.05, 3.63) is 36.5 Å². The third-order valence-electron chi connectivity index (χ3n) is 1.98. The van der Waals surface area contributed by atoms with Gasteiger partial charge in [-0.3, -0.25) is 4.98 Å².